The summed E-state index contributed by atoms with van der Waals surface area (Å²) >= 11 is 0. The first-order chi connectivity index (χ1) is 5.76. The Morgan fingerprint density at radius 3 is 2.33 bits per heavy atom. The monoisotopic (exact) mass is 178 g/mol. The van der Waals surface area contributed by atoms with Crippen LogP contribution in [0.15, 0.2) is 0 Å². The number of hydrogen-bond acceptors (Lipinski definition) is 4. The molecule has 2 N–H and O–H groups in total. The molecule has 0 aliphatic rings. The Morgan fingerprint density at radius 2 is 1.92 bits per heavy atom. The Morgan fingerprint density at radius 1 is 1.25 bits per heavy atom. The van der Waals surface area contributed by atoms with E-state index >= 15 is 0 Å². The van der Waals surface area contributed by atoms with Gasteiger partial charge in [-0.3, -0.25) is 0 Å². The van der Waals surface area contributed by atoms with Crippen molar-refractivity contribution in [3.63, 3.8) is 0 Å². The number of aliphatic hydroxyl groups excluding tert-OH is 2. The molecule has 0 fully saturated rings. The lowest BCUT2D eigenvalue weighted by molar-refractivity contribution is -0.0885. The maximum atomic E-state index is 9.22. The molecule has 0 saturated heterocycles. The van der Waals surface area contributed by atoms with Gasteiger partial charge in [0.1, 0.15) is 12.2 Å². The van der Waals surface area contributed by atoms with E-state index in [0.717, 1.165) is 0 Å². The van der Waals surface area contributed by atoms with Crippen LogP contribution in [0.4, 0.5) is 0 Å². The summed E-state index contributed by atoms with van der Waals surface area (Å²) in [6, 6.07) is 0. The molecule has 0 aliphatic carbocycles. The van der Waals surface area contributed by atoms with Crippen molar-refractivity contribution in [3.8, 4) is 0 Å². The zero-order chi connectivity index (χ0) is 9.40. The molecule has 0 unspecified atom stereocenters. The third-order valence-corrected chi connectivity index (χ3v) is 1.48. The highest BCUT2D eigenvalue weighted by atomic mass is 16.5. The summed E-state index contributed by atoms with van der Waals surface area (Å²) in [5.74, 6) is 0. The smallest absolute Gasteiger partial charge is 0.109 e. The first-order valence-corrected chi connectivity index (χ1v) is 4.24. The van der Waals surface area contributed by atoms with Crippen LogP contribution in [-0.4, -0.2) is 48.8 Å². The fraction of sp³-hybridized carbons (Fsp3) is 1.00. The van der Waals surface area contributed by atoms with Gasteiger partial charge in [-0.05, 0) is 13.8 Å². The molecule has 2 atom stereocenters. The van der Waals surface area contributed by atoms with Gasteiger partial charge in [-0.2, -0.15) is 0 Å². The Hall–Kier alpha value is -0.160. The highest BCUT2D eigenvalue weighted by Crippen LogP contribution is 2.00. The average Bonchev–Trinajstić information content (AvgIpc) is 2.11. The van der Waals surface area contributed by atoms with Crippen LogP contribution in [0.3, 0.4) is 0 Å². The lowest BCUT2D eigenvalue weighted by Gasteiger charge is -2.20. The summed E-state index contributed by atoms with van der Waals surface area (Å²) in [6.07, 6.45) is -1.27. The highest BCUT2D eigenvalue weighted by molar-refractivity contribution is 4.66. The lowest BCUT2D eigenvalue weighted by atomic mass is 10.2. The van der Waals surface area contributed by atoms with Crippen LogP contribution in [-0.2, 0) is 9.47 Å². The summed E-state index contributed by atoms with van der Waals surface area (Å²) in [5.41, 5.74) is 0. The van der Waals surface area contributed by atoms with Gasteiger partial charge in [0, 0.05) is 13.2 Å². The van der Waals surface area contributed by atoms with Crippen LogP contribution >= 0.6 is 0 Å². The standard InChI is InChI=1S/C8H18O4/c1-3-11-6-8(12-4-2)7(10)5-9/h7-10H,3-6H2,1-2H3/t7-,8-/m1/s1. The minimum absolute atomic E-state index is 0.294. The maximum absolute atomic E-state index is 9.22. The summed E-state index contributed by atoms with van der Waals surface area (Å²) in [7, 11) is 0. The molecule has 0 saturated carbocycles. The molecule has 0 radical (unpaired) electrons. The Labute approximate surface area is 73.1 Å². The molecule has 74 valence electrons. The van der Waals surface area contributed by atoms with E-state index in [1.807, 2.05) is 13.8 Å². The third-order valence-electron chi connectivity index (χ3n) is 1.48. The van der Waals surface area contributed by atoms with Gasteiger partial charge < -0.3 is 19.7 Å². The SMILES string of the molecule is CCOC[C@@H](OCC)[C@H](O)CO. The molecule has 0 aromatic carbocycles. The molecule has 0 heterocycles. The molecule has 12 heavy (non-hydrogen) atoms. The summed E-state index contributed by atoms with van der Waals surface area (Å²) in [4.78, 5) is 0. The molecule has 0 aromatic heterocycles. The summed E-state index contributed by atoms with van der Waals surface area (Å²) < 4.78 is 10.2. The number of hydrogen-bond donors (Lipinski definition) is 2. The van der Waals surface area contributed by atoms with E-state index in [1.54, 1.807) is 0 Å². The molecular weight excluding hydrogens is 160 g/mol. The van der Waals surface area contributed by atoms with Crippen molar-refractivity contribution in [3.05, 3.63) is 0 Å². The van der Waals surface area contributed by atoms with Gasteiger partial charge in [0.05, 0.1) is 13.2 Å². The summed E-state index contributed by atoms with van der Waals surface area (Å²) in [6.45, 7) is 4.83. The second-order valence-corrected chi connectivity index (χ2v) is 2.40. The minimum Gasteiger partial charge on any atom is -0.394 e. The number of ether oxygens (including phenoxy) is 2. The molecule has 0 amide bonds. The third kappa shape index (κ3) is 4.66. The van der Waals surface area contributed by atoms with Crippen molar-refractivity contribution < 1.29 is 19.7 Å². The van der Waals surface area contributed by atoms with Gasteiger partial charge in [0.15, 0.2) is 0 Å². The van der Waals surface area contributed by atoms with E-state index in [9.17, 15) is 5.11 Å². The number of rotatable bonds is 7. The Bertz CT molecular complexity index is 97.1. The largest absolute Gasteiger partial charge is 0.394 e. The van der Waals surface area contributed by atoms with Crippen LogP contribution in [0.25, 0.3) is 0 Å². The summed E-state index contributed by atoms with van der Waals surface area (Å²) in [5, 5.41) is 17.9. The second kappa shape index (κ2) is 7.49. The molecule has 4 nitrogen and oxygen atoms in total. The molecule has 0 rings (SSSR count). The predicted molar refractivity (Wildman–Crippen MR) is 45.0 cm³/mol. The van der Waals surface area contributed by atoms with Crippen LogP contribution in [0, 0.1) is 0 Å². The minimum atomic E-state index is -0.850. The molecular formula is C8H18O4. The molecule has 0 bridgehead atoms. The van der Waals surface area contributed by atoms with Gasteiger partial charge >= 0.3 is 0 Å². The van der Waals surface area contributed by atoms with Crippen molar-refractivity contribution in [1.82, 2.24) is 0 Å². The first-order valence-electron chi connectivity index (χ1n) is 4.24. The number of aliphatic hydroxyl groups is 2. The van der Waals surface area contributed by atoms with E-state index in [-0.39, 0.29) is 6.61 Å². The van der Waals surface area contributed by atoms with E-state index in [0.29, 0.717) is 19.8 Å². The fourth-order valence-corrected chi connectivity index (χ4v) is 0.836. The van der Waals surface area contributed by atoms with E-state index in [4.69, 9.17) is 14.6 Å². The van der Waals surface area contributed by atoms with Crippen molar-refractivity contribution in [2.45, 2.75) is 26.1 Å². The van der Waals surface area contributed by atoms with Crippen molar-refractivity contribution >= 4 is 0 Å². The van der Waals surface area contributed by atoms with Gasteiger partial charge in [-0.1, -0.05) is 0 Å². The van der Waals surface area contributed by atoms with E-state index in [2.05, 4.69) is 0 Å². The zero-order valence-electron chi connectivity index (χ0n) is 7.69. The van der Waals surface area contributed by atoms with Gasteiger partial charge in [0.2, 0.25) is 0 Å². The molecule has 0 aliphatic heterocycles. The maximum Gasteiger partial charge on any atom is 0.109 e. The van der Waals surface area contributed by atoms with Gasteiger partial charge in [0.25, 0.3) is 0 Å². The lowest BCUT2D eigenvalue weighted by Crippen LogP contribution is -2.36. The fourth-order valence-electron chi connectivity index (χ4n) is 0.836. The van der Waals surface area contributed by atoms with Crippen LogP contribution in [0.1, 0.15) is 13.8 Å². The van der Waals surface area contributed by atoms with Crippen LogP contribution < -0.4 is 0 Å². The molecule has 4 heteroatoms. The normalized spacial score (nSPS) is 16.0. The molecule has 0 aromatic rings. The highest BCUT2D eigenvalue weighted by Gasteiger charge is 2.18. The topological polar surface area (TPSA) is 58.9 Å². The van der Waals surface area contributed by atoms with E-state index < -0.39 is 12.2 Å². The predicted octanol–water partition coefficient (Wildman–Crippen LogP) is -0.219. The van der Waals surface area contributed by atoms with E-state index in [1.165, 1.54) is 0 Å². The van der Waals surface area contributed by atoms with Crippen LogP contribution in [0.2, 0.25) is 0 Å². The Kier molecular flexibility index (Phi) is 7.39. The quantitative estimate of drug-likeness (QED) is 0.566. The average molecular weight is 178 g/mol. The second-order valence-electron chi connectivity index (χ2n) is 2.40. The van der Waals surface area contributed by atoms with Gasteiger partial charge in [-0.25, -0.2) is 0 Å². The van der Waals surface area contributed by atoms with Crippen molar-refractivity contribution in [2.24, 2.45) is 0 Å². The van der Waals surface area contributed by atoms with Gasteiger partial charge in [-0.15, -0.1) is 0 Å². The van der Waals surface area contributed by atoms with Crippen LogP contribution in [0.5, 0.6) is 0 Å². The molecule has 0 spiro atoms. The van der Waals surface area contributed by atoms with Crippen molar-refractivity contribution in [2.75, 3.05) is 26.4 Å². The Balaban J connectivity index is 3.68. The zero-order valence-corrected chi connectivity index (χ0v) is 7.69. The first kappa shape index (κ1) is 11.8. The van der Waals surface area contributed by atoms with Crippen molar-refractivity contribution in [1.29, 1.82) is 0 Å².